The van der Waals surface area contributed by atoms with Crippen LogP contribution in [0.3, 0.4) is 0 Å². The summed E-state index contributed by atoms with van der Waals surface area (Å²) in [5.74, 6) is -0.267. The lowest BCUT2D eigenvalue weighted by Gasteiger charge is -2.23. The number of nitrogens with one attached hydrogen (secondary N) is 1. The molecule has 0 saturated carbocycles. The highest BCUT2D eigenvalue weighted by Gasteiger charge is 2.21. The number of hydrogen-bond donors (Lipinski definition) is 1. The van der Waals surface area contributed by atoms with E-state index in [1.807, 2.05) is 24.1 Å². The highest BCUT2D eigenvalue weighted by Crippen LogP contribution is 2.24. The van der Waals surface area contributed by atoms with Crippen molar-refractivity contribution in [3.8, 4) is 0 Å². The molecule has 2 rings (SSSR count). The second-order valence-electron chi connectivity index (χ2n) is 5.55. The van der Waals surface area contributed by atoms with Gasteiger partial charge in [0.25, 0.3) is 0 Å². The molecule has 0 bridgehead atoms. The Labute approximate surface area is 151 Å². The van der Waals surface area contributed by atoms with Crippen LogP contribution in [0, 0.1) is 0 Å². The first-order chi connectivity index (χ1) is 11.2. The molecule has 0 aliphatic rings. The van der Waals surface area contributed by atoms with E-state index in [0.717, 1.165) is 11.1 Å². The normalized spacial score (nSPS) is 13.0. The number of halogens is 1. The van der Waals surface area contributed by atoms with Gasteiger partial charge < -0.3 is 5.32 Å². The zero-order valence-corrected chi connectivity index (χ0v) is 16.0. The van der Waals surface area contributed by atoms with Gasteiger partial charge in [0.05, 0.1) is 21.0 Å². The van der Waals surface area contributed by atoms with Gasteiger partial charge in [0, 0.05) is 17.7 Å². The van der Waals surface area contributed by atoms with E-state index < -0.39 is 15.9 Å². The molecular formula is C16H19ClN2O3S2. The Morgan fingerprint density at radius 3 is 2.54 bits per heavy atom. The van der Waals surface area contributed by atoms with E-state index in [9.17, 15) is 13.2 Å². The van der Waals surface area contributed by atoms with Gasteiger partial charge in [-0.1, -0.05) is 23.7 Å². The molecule has 1 N–H and O–H groups in total. The SMILES string of the molecule is CC(C(=O)Nc1ccccc1S(C)(=O)=O)N(C)Cc1ccc(Cl)s1. The Bertz CT molecular complexity index is 833. The molecular weight excluding hydrogens is 368 g/mol. The van der Waals surface area contributed by atoms with Crippen molar-refractivity contribution in [1.82, 2.24) is 4.90 Å². The van der Waals surface area contributed by atoms with Gasteiger partial charge >= 0.3 is 0 Å². The third-order valence-electron chi connectivity index (χ3n) is 3.62. The number of rotatable bonds is 6. The van der Waals surface area contributed by atoms with Crippen LogP contribution in [0.15, 0.2) is 41.3 Å². The fourth-order valence-corrected chi connectivity index (χ4v) is 4.15. The number of nitrogens with zero attached hydrogens (tertiary/aromatic N) is 1. The molecule has 1 aromatic heterocycles. The van der Waals surface area contributed by atoms with E-state index in [2.05, 4.69) is 5.32 Å². The van der Waals surface area contributed by atoms with Gasteiger partial charge in [-0.3, -0.25) is 9.69 Å². The van der Waals surface area contributed by atoms with Crippen LogP contribution in [0.25, 0.3) is 0 Å². The number of carbonyl (C=O) groups excluding carboxylic acids is 1. The molecule has 0 aliphatic heterocycles. The predicted octanol–water partition coefficient (Wildman–Crippen LogP) is 3.26. The van der Waals surface area contributed by atoms with Gasteiger partial charge in [0.1, 0.15) is 0 Å². The van der Waals surface area contributed by atoms with Crippen molar-refractivity contribution in [2.45, 2.75) is 24.4 Å². The zero-order chi connectivity index (χ0) is 17.9. The average molecular weight is 387 g/mol. The highest BCUT2D eigenvalue weighted by atomic mass is 35.5. The van der Waals surface area contributed by atoms with Gasteiger partial charge in [0.2, 0.25) is 5.91 Å². The molecule has 1 heterocycles. The minimum absolute atomic E-state index is 0.109. The molecule has 0 aliphatic carbocycles. The summed E-state index contributed by atoms with van der Waals surface area (Å²) >= 11 is 7.38. The summed E-state index contributed by atoms with van der Waals surface area (Å²) in [6.45, 7) is 2.35. The monoisotopic (exact) mass is 386 g/mol. The van der Waals surface area contributed by atoms with E-state index in [0.29, 0.717) is 16.6 Å². The molecule has 0 fully saturated rings. The van der Waals surface area contributed by atoms with Gasteiger partial charge in [0.15, 0.2) is 9.84 Å². The van der Waals surface area contributed by atoms with Gasteiger partial charge in [-0.05, 0) is 38.2 Å². The van der Waals surface area contributed by atoms with Crippen molar-refractivity contribution in [2.75, 3.05) is 18.6 Å². The molecule has 24 heavy (non-hydrogen) atoms. The zero-order valence-electron chi connectivity index (χ0n) is 13.6. The standard InChI is InChI=1S/C16H19ClN2O3S2/c1-11(19(2)10-12-8-9-15(17)23-12)16(20)18-13-6-4-5-7-14(13)24(3,21)22/h4-9,11H,10H2,1-3H3,(H,18,20). The first-order valence-corrected chi connectivity index (χ1v) is 10.3. The van der Waals surface area contributed by atoms with Crippen LogP contribution in [0.5, 0.6) is 0 Å². The van der Waals surface area contributed by atoms with Crippen molar-refractivity contribution in [3.63, 3.8) is 0 Å². The summed E-state index contributed by atoms with van der Waals surface area (Å²) in [5.41, 5.74) is 0.296. The smallest absolute Gasteiger partial charge is 0.241 e. The van der Waals surface area contributed by atoms with Crippen LogP contribution in [-0.2, 0) is 21.2 Å². The van der Waals surface area contributed by atoms with E-state index in [-0.39, 0.29) is 10.8 Å². The number of amides is 1. The molecule has 1 unspecified atom stereocenters. The van der Waals surface area contributed by atoms with Crippen molar-refractivity contribution in [1.29, 1.82) is 0 Å². The number of hydrogen-bond acceptors (Lipinski definition) is 5. The lowest BCUT2D eigenvalue weighted by atomic mass is 10.2. The van der Waals surface area contributed by atoms with Crippen molar-refractivity contribution >= 4 is 44.4 Å². The van der Waals surface area contributed by atoms with Gasteiger partial charge in [-0.25, -0.2) is 8.42 Å². The minimum atomic E-state index is -3.41. The number of carbonyl (C=O) groups is 1. The van der Waals surface area contributed by atoms with Crippen molar-refractivity contribution in [2.24, 2.45) is 0 Å². The third kappa shape index (κ3) is 4.80. The predicted molar refractivity (Wildman–Crippen MR) is 98.4 cm³/mol. The fourth-order valence-electron chi connectivity index (χ4n) is 2.15. The van der Waals surface area contributed by atoms with E-state index in [4.69, 9.17) is 11.6 Å². The molecule has 130 valence electrons. The maximum absolute atomic E-state index is 12.5. The number of anilines is 1. The Morgan fingerprint density at radius 2 is 1.96 bits per heavy atom. The van der Waals surface area contributed by atoms with E-state index >= 15 is 0 Å². The number of thiophene rings is 1. The van der Waals surface area contributed by atoms with Crippen LogP contribution in [0.2, 0.25) is 4.34 Å². The van der Waals surface area contributed by atoms with Crippen molar-refractivity contribution in [3.05, 3.63) is 45.6 Å². The summed E-state index contributed by atoms with van der Waals surface area (Å²) < 4.78 is 24.3. The number of sulfone groups is 1. The summed E-state index contributed by atoms with van der Waals surface area (Å²) in [5, 5.41) is 2.71. The molecule has 1 amide bonds. The van der Waals surface area contributed by atoms with Crippen LogP contribution in [0.4, 0.5) is 5.69 Å². The molecule has 2 aromatic rings. The van der Waals surface area contributed by atoms with Crippen LogP contribution in [-0.4, -0.2) is 38.6 Å². The Balaban J connectivity index is 2.09. The first-order valence-electron chi connectivity index (χ1n) is 7.23. The second-order valence-corrected chi connectivity index (χ2v) is 9.34. The lowest BCUT2D eigenvalue weighted by molar-refractivity contribution is -0.120. The number of para-hydroxylation sites is 1. The maximum Gasteiger partial charge on any atom is 0.241 e. The molecule has 1 aromatic carbocycles. The van der Waals surface area contributed by atoms with E-state index in [1.165, 1.54) is 17.4 Å². The molecule has 5 nitrogen and oxygen atoms in total. The average Bonchev–Trinajstić information content (AvgIpc) is 2.90. The number of benzene rings is 1. The first kappa shape index (κ1) is 18.9. The topological polar surface area (TPSA) is 66.5 Å². The van der Waals surface area contributed by atoms with E-state index in [1.54, 1.807) is 25.1 Å². The fraction of sp³-hybridized carbons (Fsp3) is 0.312. The molecule has 1 atom stereocenters. The largest absolute Gasteiger partial charge is 0.324 e. The van der Waals surface area contributed by atoms with Crippen LogP contribution >= 0.6 is 22.9 Å². The molecule has 0 spiro atoms. The maximum atomic E-state index is 12.5. The molecule has 0 saturated heterocycles. The third-order valence-corrected chi connectivity index (χ3v) is 5.99. The lowest BCUT2D eigenvalue weighted by Crippen LogP contribution is -2.39. The van der Waals surface area contributed by atoms with Gasteiger partial charge in [-0.15, -0.1) is 11.3 Å². The summed E-state index contributed by atoms with van der Waals surface area (Å²) in [4.78, 5) is 15.5. The van der Waals surface area contributed by atoms with Crippen LogP contribution < -0.4 is 5.32 Å². The second kappa shape index (κ2) is 7.65. The number of likely N-dealkylation sites (N-methyl/N-ethyl adjacent to an activating group) is 1. The Morgan fingerprint density at radius 1 is 1.29 bits per heavy atom. The van der Waals surface area contributed by atoms with Crippen LogP contribution in [0.1, 0.15) is 11.8 Å². The van der Waals surface area contributed by atoms with Crippen molar-refractivity contribution < 1.29 is 13.2 Å². The Hall–Kier alpha value is -1.41. The highest BCUT2D eigenvalue weighted by molar-refractivity contribution is 7.90. The quantitative estimate of drug-likeness (QED) is 0.827. The summed E-state index contributed by atoms with van der Waals surface area (Å²) in [6.07, 6.45) is 1.12. The molecule has 0 radical (unpaired) electrons. The molecule has 8 heteroatoms. The van der Waals surface area contributed by atoms with Gasteiger partial charge in [-0.2, -0.15) is 0 Å². The Kier molecular flexibility index (Phi) is 6.03. The summed E-state index contributed by atoms with van der Waals surface area (Å²) in [6, 6.07) is 9.69. The minimum Gasteiger partial charge on any atom is -0.324 e. The summed E-state index contributed by atoms with van der Waals surface area (Å²) in [7, 11) is -1.58.